The monoisotopic (exact) mass is 468 g/mol. The van der Waals surface area contributed by atoms with E-state index >= 15 is 0 Å². The highest BCUT2D eigenvalue weighted by molar-refractivity contribution is 5.43. The Bertz CT molecular complexity index is 719. The van der Waals surface area contributed by atoms with E-state index in [9.17, 15) is 0 Å². The van der Waals surface area contributed by atoms with E-state index in [4.69, 9.17) is 9.47 Å². The summed E-state index contributed by atoms with van der Waals surface area (Å²) in [7, 11) is 0. The van der Waals surface area contributed by atoms with Crippen LogP contribution in [0.15, 0.2) is 48.5 Å². The van der Waals surface area contributed by atoms with Crippen molar-refractivity contribution in [1.29, 1.82) is 0 Å². The SMILES string of the molecule is CCCC(CC)(c1ccc(OCCN(CC)CC)cc1)c1ccc(OCCN(CC)CC)cc1. The first-order valence-electron chi connectivity index (χ1n) is 13.5. The van der Waals surface area contributed by atoms with Crippen LogP contribution < -0.4 is 9.47 Å². The summed E-state index contributed by atoms with van der Waals surface area (Å²) in [6, 6.07) is 17.6. The molecule has 0 aromatic heterocycles. The van der Waals surface area contributed by atoms with Crippen molar-refractivity contribution in [2.45, 2.75) is 66.2 Å². The Kier molecular flexibility index (Phi) is 12.5. The molecule has 0 bridgehead atoms. The molecule has 0 atom stereocenters. The molecule has 0 radical (unpaired) electrons. The van der Waals surface area contributed by atoms with Gasteiger partial charge in [0.1, 0.15) is 24.7 Å². The predicted octanol–water partition coefficient (Wildman–Crippen LogP) is 6.62. The molecule has 2 rings (SSSR count). The van der Waals surface area contributed by atoms with Crippen molar-refractivity contribution in [3.8, 4) is 11.5 Å². The van der Waals surface area contributed by atoms with Gasteiger partial charge >= 0.3 is 0 Å². The molecule has 190 valence electrons. The van der Waals surface area contributed by atoms with Crippen LogP contribution in [0.25, 0.3) is 0 Å². The Hall–Kier alpha value is -2.04. The van der Waals surface area contributed by atoms with E-state index in [2.05, 4.69) is 99.9 Å². The third-order valence-electron chi connectivity index (χ3n) is 7.24. The van der Waals surface area contributed by atoms with Gasteiger partial charge in [-0.25, -0.2) is 0 Å². The Morgan fingerprint density at radius 3 is 1.26 bits per heavy atom. The third-order valence-corrected chi connectivity index (χ3v) is 7.24. The second-order valence-corrected chi connectivity index (χ2v) is 8.99. The van der Waals surface area contributed by atoms with E-state index in [0.29, 0.717) is 0 Å². The number of likely N-dealkylation sites (N-methyl/N-ethyl adjacent to an activating group) is 2. The van der Waals surface area contributed by atoms with Crippen LogP contribution in [-0.4, -0.2) is 62.3 Å². The molecule has 4 heteroatoms. The number of benzene rings is 2. The smallest absolute Gasteiger partial charge is 0.119 e. The summed E-state index contributed by atoms with van der Waals surface area (Å²) >= 11 is 0. The van der Waals surface area contributed by atoms with Crippen molar-refractivity contribution in [2.75, 3.05) is 52.5 Å². The van der Waals surface area contributed by atoms with Gasteiger partial charge in [-0.15, -0.1) is 0 Å². The van der Waals surface area contributed by atoms with Crippen LogP contribution in [0.5, 0.6) is 11.5 Å². The molecule has 0 aliphatic heterocycles. The van der Waals surface area contributed by atoms with Crippen LogP contribution in [0.1, 0.15) is 71.9 Å². The van der Waals surface area contributed by atoms with Crippen LogP contribution in [0, 0.1) is 0 Å². The van der Waals surface area contributed by atoms with Crippen LogP contribution >= 0.6 is 0 Å². The molecule has 0 spiro atoms. The summed E-state index contributed by atoms with van der Waals surface area (Å²) in [5.41, 5.74) is 2.74. The lowest BCUT2D eigenvalue weighted by atomic mass is 9.69. The number of ether oxygens (including phenoxy) is 2. The first-order chi connectivity index (χ1) is 16.6. The van der Waals surface area contributed by atoms with Gasteiger partial charge < -0.3 is 19.3 Å². The molecule has 0 N–H and O–H groups in total. The molecule has 4 nitrogen and oxygen atoms in total. The van der Waals surface area contributed by atoms with Crippen LogP contribution in [0.3, 0.4) is 0 Å². The van der Waals surface area contributed by atoms with Gasteiger partial charge in [0, 0.05) is 18.5 Å². The zero-order chi connectivity index (χ0) is 24.8. The fourth-order valence-corrected chi connectivity index (χ4v) is 4.87. The van der Waals surface area contributed by atoms with Gasteiger partial charge in [-0.3, -0.25) is 0 Å². The lowest BCUT2D eigenvalue weighted by molar-refractivity contribution is 0.222. The van der Waals surface area contributed by atoms with Gasteiger partial charge in [0.05, 0.1) is 0 Å². The summed E-state index contributed by atoms with van der Waals surface area (Å²) in [5, 5.41) is 0. The average Bonchev–Trinajstić information content (AvgIpc) is 2.89. The maximum absolute atomic E-state index is 6.03. The second-order valence-electron chi connectivity index (χ2n) is 8.99. The van der Waals surface area contributed by atoms with Crippen LogP contribution in [0.4, 0.5) is 0 Å². The van der Waals surface area contributed by atoms with E-state index in [1.54, 1.807) is 0 Å². The summed E-state index contributed by atoms with van der Waals surface area (Å²) in [4.78, 5) is 4.77. The number of nitrogens with zero attached hydrogens (tertiary/aromatic N) is 2. The molecule has 0 aliphatic carbocycles. The maximum atomic E-state index is 6.03. The summed E-state index contributed by atoms with van der Waals surface area (Å²) in [6.07, 6.45) is 3.32. The average molecular weight is 469 g/mol. The quantitative estimate of drug-likeness (QED) is 0.260. The van der Waals surface area contributed by atoms with E-state index in [1.165, 1.54) is 11.1 Å². The molecular formula is C30H48N2O2. The van der Waals surface area contributed by atoms with E-state index in [-0.39, 0.29) is 5.41 Å². The van der Waals surface area contributed by atoms with Crippen molar-refractivity contribution in [3.05, 3.63) is 59.7 Å². The first kappa shape index (κ1) is 28.2. The normalized spacial score (nSPS) is 11.9. The molecule has 0 amide bonds. The maximum Gasteiger partial charge on any atom is 0.119 e. The van der Waals surface area contributed by atoms with Crippen molar-refractivity contribution in [3.63, 3.8) is 0 Å². The number of hydrogen-bond acceptors (Lipinski definition) is 4. The second kappa shape index (κ2) is 15.1. The van der Waals surface area contributed by atoms with E-state index < -0.39 is 0 Å². The fourth-order valence-electron chi connectivity index (χ4n) is 4.87. The summed E-state index contributed by atoms with van der Waals surface area (Å²) in [5.74, 6) is 1.91. The summed E-state index contributed by atoms with van der Waals surface area (Å²) < 4.78 is 12.1. The molecular weight excluding hydrogens is 420 g/mol. The van der Waals surface area contributed by atoms with E-state index in [1.807, 2.05) is 0 Å². The topological polar surface area (TPSA) is 24.9 Å². The van der Waals surface area contributed by atoms with Gasteiger partial charge in [0.25, 0.3) is 0 Å². The first-order valence-corrected chi connectivity index (χ1v) is 13.5. The molecule has 0 saturated carbocycles. The van der Waals surface area contributed by atoms with E-state index in [0.717, 1.165) is 83.2 Å². The minimum absolute atomic E-state index is 0.00819. The Labute approximate surface area is 209 Å². The zero-order valence-electron chi connectivity index (χ0n) is 22.6. The largest absolute Gasteiger partial charge is 0.492 e. The van der Waals surface area contributed by atoms with Crippen LogP contribution in [-0.2, 0) is 5.41 Å². The van der Waals surface area contributed by atoms with Crippen molar-refractivity contribution in [1.82, 2.24) is 9.80 Å². The molecule has 34 heavy (non-hydrogen) atoms. The van der Waals surface area contributed by atoms with Crippen LogP contribution in [0.2, 0.25) is 0 Å². The third kappa shape index (κ3) is 7.74. The Morgan fingerprint density at radius 1 is 0.588 bits per heavy atom. The summed E-state index contributed by atoms with van der Waals surface area (Å²) in [6.45, 7) is 21.0. The highest BCUT2D eigenvalue weighted by Crippen LogP contribution is 2.41. The molecule has 0 fully saturated rings. The van der Waals surface area contributed by atoms with Gasteiger partial charge in [0.15, 0.2) is 0 Å². The lowest BCUT2D eigenvalue weighted by Crippen LogP contribution is -2.28. The lowest BCUT2D eigenvalue weighted by Gasteiger charge is -2.34. The zero-order valence-corrected chi connectivity index (χ0v) is 22.6. The standard InChI is InChI=1S/C30H48N2O2/c1-7-21-30(8-2,26-13-17-28(18-14-26)33-24-22-31(9-3)10-4)27-15-19-29(20-16-27)34-25-23-32(11-5)12-6/h13-20H,7-12,21-25H2,1-6H3. The Morgan fingerprint density at radius 2 is 0.971 bits per heavy atom. The fraction of sp³-hybridized carbons (Fsp3) is 0.600. The van der Waals surface area contributed by atoms with Gasteiger partial charge in [-0.1, -0.05) is 72.2 Å². The molecule has 2 aromatic carbocycles. The van der Waals surface area contributed by atoms with Gasteiger partial charge in [0.2, 0.25) is 0 Å². The molecule has 2 aromatic rings. The molecule has 0 heterocycles. The predicted molar refractivity (Wildman–Crippen MR) is 145 cm³/mol. The van der Waals surface area contributed by atoms with Crippen molar-refractivity contribution in [2.24, 2.45) is 0 Å². The highest BCUT2D eigenvalue weighted by Gasteiger charge is 2.31. The van der Waals surface area contributed by atoms with Gasteiger partial charge in [-0.2, -0.15) is 0 Å². The highest BCUT2D eigenvalue weighted by atomic mass is 16.5. The number of rotatable bonds is 17. The van der Waals surface area contributed by atoms with Crippen molar-refractivity contribution < 1.29 is 9.47 Å². The molecule has 0 saturated heterocycles. The minimum atomic E-state index is 0.00819. The minimum Gasteiger partial charge on any atom is -0.492 e. The molecule has 0 unspecified atom stereocenters. The van der Waals surface area contributed by atoms with Gasteiger partial charge in [-0.05, 0) is 74.4 Å². The van der Waals surface area contributed by atoms with Crippen molar-refractivity contribution >= 4 is 0 Å². The Balaban J connectivity index is 2.11. The number of hydrogen-bond donors (Lipinski definition) is 0. The molecule has 0 aliphatic rings.